The molecule has 128 valence electrons. The molecule has 0 saturated carbocycles. The fourth-order valence-corrected chi connectivity index (χ4v) is 2.89. The molecule has 1 atom stereocenters. The van der Waals surface area contributed by atoms with Gasteiger partial charge in [0.2, 0.25) is 5.91 Å². The van der Waals surface area contributed by atoms with Crippen molar-refractivity contribution in [3.63, 3.8) is 0 Å². The molecular weight excluding hydrogens is 376 g/mol. The van der Waals surface area contributed by atoms with Crippen molar-refractivity contribution >= 4 is 39.8 Å². The van der Waals surface area contributed by atoms with E-state index in [4.69, 9.17) is 10.5 Å². The second-order valence-electron chi connectivity index (χ2n) is 5.54. The van der Waals surface area contributed by atoms with Crippen molar-refractivity contribution in [2.45, 2.75) is 12.8 Å². The van der Waals surface area contributed by atoms with Crippen LogP contribution in [0.5, 0.6) is 0 Å². The number of rotatable bonds is 5. The number of primary amides is 1. The van der Waals surface area contributed by atoms with Gasteiger partial charge in [-0.2, -0.15) is 0 Å². The summed E-state index contributed by atoms with van der Waals surface area (Å²) in [7, 11) is 0. The summed E-state index contributed by atoms with van der Waals surface area (Å²) in [6.45, 7) is 0.496. The van der Waals surface area contributed by atoms with Crippen molar-refractivity contribution in [1.82, 2.24) is 4.90 Å². The van der Waals surface area contributed by atoms with Crippen molar-refractivity contribution in [3.8, 4) is 0 Å². The van der Waals surface area contributed by atoms with Gasteiger partial charge in [-0.05, 0) is 30.5 Å². The van der Waals surface area contributed by atoms with Crippen LogP contribution in [0.4, 0.5) is 0 Å². The normalized spacial score (nSPS) is 17.7. The highest BCUT2D eigenvalue weighted by Gasteiger charge is 2.27. The number of likely N-dealkylation sites (tertiary alicyclic amines) is 1. The van der Waals surface area contributed by atoms with Gasteiger partial charge in [-0.1, -0.05) is 34.1 Å². The highest BCUT2D eigenvalue weighted by molar-refractivity contribution is 9.10. The summed E-state index contributed by atoms with van der Waals surface area (Å²) >= 11 is 3.38. The lowest BCUT2D eigenvalue weighted by atomic mass is 9.97. The first-order chi connectivity index (χ1) is 11.5. The predicted molar refractivity (Wildman–Crippen MR) is 92.6 cm³/mol. The van der Waals surface area contributed by atoms with Crippen molar-refractivity contribution in [3.05, 3.63) is 40.4 Å². The summed E-state index contributed by atoms with van der Waals surface area (Å²) in [5.74, 6) is -1.64. The Hall–Kier alpha value is -2.15. The lowest BCUT2D eigenvalue weighted by molar-refractivity contribution is -0.149. The van der Waals surface area contributed by atoms with Crippen LogP contribution >= 0.6 is 15.9 Å². The lowest BCUT2D eigenvalue weighted by Crippen LogP contribution is -2.45. The van der Waals surface area contributed by atoms with E-state index >= 15 is 0 Å². The minimum Gasteiger partial charge on any atom is -0.452 e. The van der Waals surface area contributed by atoms with Gasteiger partial charge in [0.05, 0.1) is 5.92 Å². The van der Waals surface area contributed by atoms with Gasteiger partial charge in [-0.25, -0.2) is 4.79 Å². The molecule has 24 heavy (non-hydrogen) atoms. The molecule has 0 spiro atoms. The molecule has 1 aliphatic heterocycles. The van der Waals surface area contributed by atoms with Crippen molar-refractivity contribution in [2.75, 3.05) is 19.7 Å². The summed E-state index contributed by atoms with van der Waals surface area (Å²) in [6, 6.07) is 7.43. The molecule has 0 aliphatic carbocycles. The number of nitrogens with zero attached hydrogens (tertiary/aromatic N) is 1. The van der Waals surface area contributed by atoms with E-state index in [1.165, 1.54) is 11.0 Å². The minimum atomic E-state index is -0.595. The molecule has 2 amide bonds. The Labute approximate surface area is 148 Å². The number of nitrogens with two attached hydrogens (primary N) is 1. The Morgan fingerprint density at radius 2 is 2.08 bits per heavy atom. The number of halogens is 1. The van der Waals surface area contributed by atoms with Crippen LogP contribution in [0.2, 0.25) is 0 Å². The average Bonchev–Trinajstić information content (AvgIpc) is 2.59. The van der Waals surface area contributed by atoms with Crippen LogP contribution in [0, 0.1) is 5.92 Å². The maximum atomic E-state index is 12.1. The molecule has 1 aliphatic rings. The molecule has 2 N–H and O–H groups in total. The zero-order valence-electron chi connectivity index (χ0n) is 13.1. The standard InChI is InChI=1S/C17H19BrN2O4/c18-14-6-2-1-4-12(14)7-8-16(22)24-11-15(21)20-9-3-5-13(10-20)17(19)23/h1-2,4,6-8,13H,3,5,9-11H2,(H2,19,23)/b8-7+/t13-/m0/s1. The lowest BCUT2D eigenvalue weighted by Gasteiger charge is -2.30. The third-order valence-electron chi connectivity index (χ3n) is 3.82. The van der Waals surface area contributed by atoms with Gasteiger partial charge >= 0.3 is 5.97 Å². The van der Waals surface area contributed by atoms with Crippen molar-refractivity contribution in [2.24, 2.45) is 11.7 Å². The third kappa shape index (κ3) is 5.19. The SMILES string of the molecule is NC(=O)[C@H]1CCCN(C(=O)COC(=O)/C=C/c2ccccc2Br)C1. The van der Waals surface area contributed by atoms with E-state index in [1.807, 2.05) is 24.3 Å². The van der Waals surface area contributed by atoms with E-state index < -0.39 is 11.9 Å². The number of carbonyl (C=O) groups excluding carboxylic acids is 3. The van der Waals surface area contributed by atoms with Crippen LogP contribution in [-0.4, -0.2) is 42.4 Å². The molecule has 1 aromatic carbocycles. The van der Waals surface area contributed by atoms with Crippen LogP contribution in [0.1, 0.15) is 18.4 Å². The highest BCUT2D eigenvalue weighted by Crippen LogP contribution is 2.17. The molecule has 0 radical (unpaired) electrons. The number of esters is 1. The Morgan fingerprint density at radius 1 is 1.33 bits per heavy atom. The van der Waals surface area contributed by atoms with Gasteiger partial charge < -0.3 is 15.4 Å². The second kappa shape index (κ2) is 8.63. The summed E-state index contributed by atoms with van der Waals surface area (Å²) in [4.78, 5) is 36.5. The zero-order valence-corrected chi connectivity index (χ0v) is 14.7. The second-order valence-corrected chi connectivity index (χ2v) is 6.40. The monoisotopic (exact) mass is 394 g/mol. The Balaban J connectivity index is 1.82. The summed E-state index contributed by atoms with van der Waals surface area (Å²) < 4.78 is 5.82. The first-order valence-corrected chi connectivity index (χ1v) is 8.43. The number of ether oxygens (including phenoxy) is 1. The van der Waals surface area contributed by atoms with E-state index in [0.717, 1.165) is 16.5 Å². The van der Waals surface area contributed by atoms with Gasteiger partial charge in [0.25, 0.3) is 5.91 Å². The van der Waals surface area contributed by atoms with Crippen molar-refractivity contribution in [1.29, 1.82) is 0 Å². The molecule has 1 heterocycles. The summed E-state index contributed by atoms with van der Waals surface area (Å²) in [5.41, 5.74) is 6.12. The van der Waals surface area contributed by atoms with E-state index in [1.54, 1.807) is 6.08 Å². The van der Waals surface area contributed by atoms with Crippen molar-refractivity contribution < 1.29 is 19.1 Å². The fourth-order valence-electron chi connectivity index (χ4n) is 2.48. The molecule has 6 nitrogen and oxygen atoms in total. The number of benzene rings is 1. The van der Waals surface area contributed by atoms with Crippen LogP contribution in [0.25, 0.3) is 6.08 Å². The number of amides is 2. The number of hydrogen-bond acceptors (Lipinski definition) is 4. The molecule has 1 fully saturated rings. The maximum Gasteiger partial charge on any atom is 0.331 e. The molecular formula is C17H19BrN2O4. The van der Waals surface area contributed by atoms with E-state index in [0.29, 0.717) is 19.5 Å². The van der Waals surface area contributed by atoms with Gasteiger partial charge in [0.1, 0.15) is 0 Å². The molecule has 0 unspecified atom stereocenters. The van der Waals surface area contributed by atoms with Gasteiger partial charge in [0.15, 0.2) is 6.61 Å². The van der Waals surface area contributed by atoms with Crippen LogP contribution in [-0.2, 0) is 19.1 Å². The molecule has 2 rings (SSSR count). The fraction of sp³-hybridized carbons (Fsp3) is 0.353. The summed E-state index contributed by atoms with van der Waals surface area (Å²) in [5, 5.41) is 0. The minimum absolute atomic E-state index is 0.290. The smallest absolute Gasteiger partial charge is 0.331 e. The molecule has 1 aromatic rings. The zero-order chi connectivity index (χ0) is 17.5. The summed E-state index contributed by atoms with van der Waals surface area (Å²) in [6.07, 6.45) is 4.29. The number of piperidine rings is 1. The largest absolute Gasteiger partial charge is 0.452 e. The highest BCUT2D eigenvalue weighted by atomic mass is 79.9. The van der Waals surface area contributed by atoms with Gasteiger partial charge in [0, 0.05) is 23.6 Å². The first-order valence-electron chi connectivity index (χ1n) is 7.64. The van der Waals surface area contributed by atoms with Gasteiger partial charge in [-0.15, -0.1) is 0 Å². The Bertz CT molecular complexity index is 660. The third-order valence-corrected chi connectivity index (χ3v) is 4.54. The first kappa shape index (κ1) is 18.2. The number of carbonyl (C=O) groups is 3. The van der Waals surface area contributed by atoms with E-state index in [9.17, 15) is 14.4 Å². The molecule has 1 saturated heterocycles. The van der Waals surface area contributed by atoms with Gasteiger partial charge in [-0.3, -0.25) is 9.59 Å². The Kier molecular flexibility index (Phi) is 6.54. The van der Waals surface area contributed by atoms with Crippen LogP contribution in [0.3, 0.4) is 0 Å². The topological polar surface area (TPSA) is 89.7 Å². The van der Waals surface area contributed by atoms with E-state index in [-0.39, 0.29) is 18.4 Å². The van der Waals surface area contributed by atoms with Crippen LogP contribution in [0.15, 0.2) is 34.8 Å². The molecule has 0 aromatic heterocycles. The average molecular weight is 395 g/mol. The van der Waals surface area contributed by atoms with Crippen LogP contribution < -0.4 is 5.73 Å². The number of hydrogen-bond donors (Lipinski definition) is 1. The quantitative estimate of drug-likeness (QED) is 0.608. The maximum absolute atomic E-state index is 12.1. The molecule has 0 bridgehead atoms. The van der Waals surface area contributed by atoms with E-state index in [2.05, 4.69) is 15.9 Å². The predicted octanol–water partition coefficient (Wildman–Crippen LogP) is 1.73. The molecule has 7 heteroatoms. The Morgan fingerprint density at radius 3 is 2.79 bits per heavy atom.